The molecule has 0 bridgehead atoms. The van der Waals surface area contributed by atoms with Crippen LogP contribution >= 0.6 is 11.6 Å². The summed E-state index contributed by atoms with van der Waals surface area (Å²) in [6.45, 7) is 7.58. The van der Waals surface area contributed by atoms with Gasteiger partial charge < -0.3 is 4.74 Å². The summed E-state index contributed by atoms with van der Waals surface area (Å²) in [7, 11) is 0. The number of ether oxygens (including phenoxy) is 1. The minimum Gasteiger partial charge on any atom is -0.492 e. The maximum Gasteiger partial charge on any atom is 0.119 e. The molecule has 1 fully saturated rings. The van der Waals surface area contributed by atoms with Crippen molar-refractivity contribution in [3.63, 3.8) is 0 Å². The van der Waals surface area contributed by atoms with Crippen LogP contribution in [0.25, 0.3) is 16.2 Å². The van der Waals surface area contributed by atoms with E-state index in [-0.39, 0.29) is 0 Å². The van der Waals surface area contributed by atoms with Crippen LogP contribution in [0, 0.1) is 35.5 Å². The number of rotatable bonds is 9. The van der Waals surface area contributed by atoms with Gasteiger partial charge >= 0.3 is 0 Å². The Bertz CT molecular complexity index is 1520. The fourth-order valence-corrected chi connectivity index (χ4v) is 6.04. The molecule has 1 aliphatic heterocycles. The van der Waals surface area contributed by atoms with Crippen molar-refractivity contribution in [2.75, 3.05) is 26.2 Å². The molecule has 0 atom stereocenters. The summed E-state index contributed by atoms with van der Waals surface area (Å²) < 4.78 is 6.06. The second-order valence-electron chi connectivity index (χ2n) is 10.4. The Morgan fingerprint density at radius 3 is 2.51 bits per heavy atom. The van der Waals surface area contributed by atoms with Gasteiger partial charge in [0, 0.05) is 32.5 Å². The zero-order chi connectivity index (χ0) is 27.4. The highest BCUT2D eigenvalue weighted by atomic mass is 35.5. The van der Waals surface area contributed by atoms with E-state index in [0.717, 1.165) is 82.2 Å². The average molecular weight is 534 g/mol. The van der Waals surface area contributed by atoms with E-state index in [0.29, 0.717) is 24.5 Å². The fourth-order valence-electron chi connectivity index (χ4n) is 5.69. The molecule has 3 aromatic carbocycles. The van der Waals surface area contributed by atoms with Crippen LogP contribution in [0.5, 0.6) is 5.75 Å². The lowest BCUT2D eigenvalue weighted by atomic mass is 9.85. The summed E-state index contributed by atoms with van der Waals surface area (Å²) >= 11 is 7.05. The molecule has 5 rings (SSSR count). The van der Waals surface area contributed by atoms with E-state index in [9.17, 15) is 5.26 Å². The molecule has 0 aromatic heterocycles. The highest BCUT2D eigenvalue weighted by Gasteiger charge is 2.27. The lowest BCUT2D eigenvalue weighted by Gasteiger charge is -2.37. The topological polar surface area (TPSA) is 60.0 Å². The molecule has 0 radical (unpaired) electrons. The summed E-state index contributed by atoms with van der Waals surface area (Å²) in [5, 5.41) is 19.6. The van der Waals surface area contributed by atoms with Crippen molar-refractivity contribution in [2.24, 2.45) is 5.92 Å². The van der Waals surface area contributed by atoms with E-state index in [1.165, 1.54) is 5.56 Å². The number of allylic oxidation sites excluding steroid dienone is 3. The van der Waals surface area contributed by atoms with Crippen LogP contribution in [0.2, 0.25) is 0 Å². The van der Waals surface area contributed by atoms with Crippen molar-refractivity contribution >= 4 is 27.8 Å². The molecule has 3 aromatic rings. The third kappa shape index (κ3) is 5.64. The van der Waals surface area contributed by atoms with Crippen LogP contribution in [0.4, 0.5) is 0 Å². The van der Waals surface area contributed by atoms with Crippen LogP contribution in [0.3, 0.4) is 0 Å². The zero-order valence-electron chi connectivity index (χ0n) is 22.5. The van der Waals surface area contributed by atoms with E-state index < -0.39 is 0 Å². The number of halogens is 1. The van der Waals surface area contributed by atoms with Crippen molar-refractivity contribution in [1.82, 2.24) is 4.90 Å². The first-order chi connectivity index (χ1) is 19.0. The first-order valence-corrected chi connectivity index (χ1v) is 13.9. The molecule has 0 unspecified atom stereocenters. The molecule has 1 saturated heterocycles. The van der Waals surface area contributed by atoms with Gasteiger partial charge in [0.2, 0.25) is 0 Å². The minimum absolute atomic E-state index is 0.505. The van der Waals surface area contributed by atoms with Crippen molar-refractivity contribution in [2.45, 2.75) is 33.1 Å². The Morgan fingerprint density at radius 2 is 1.82 bits per heavy atom. The number of fused-ring (bicyclic) bond motifs is 1. The predicted octanol–water partition coefficient (Wildman–Crippen LogP) is 7.62. The third-order valence-corrected chi connectivity index (χ3v) is 8.13. The van der Waals surface area contributed by atoms with Gasteiger partial charge in [0.25, 0.3) is 0 Å². The van der Waals surface area contributed by atoms with E-state index in [1.54, 1.807) is 0 Å². The van der Waals surface area contributed by atoms with Crippen molar-refractivity contribution < 1.29 is 4.74 Å². The third-order valence-electron chi connectivity index (χ3n) is 7.70. The maximum absolute atomic E-state index is 9.98. The van der Waals surface area contributed by atoms with Gasteiger partial charge in [-0.1, -0.05) is 67.1 Å². The van der Waals surface area contributed by atoms with Gasteiger partial charge in [-0.15, -0.1) is 0 Å². The Labute approximate surface area is 236 Å². The lowest BCUT2D eigenvalue weighted by molar-refractivity contribution is 0.0854. The summed E-state index contributed by atoms with van der Waals surface area (Å²) in [4.78, 5) is 2.32. The molecule has 4 nitrogen and oxygen atoms in total. The highest BCUT2D eigenvalue weighted by Crippen LogP contribution is 2.46. The van der Waals surface area contributed by atoms with E-state index >= 15 is 0 Å². The molecule has 39 heavy (non-hydrogen) atoms. The largest absolute Gasteiger partial charge is 0.492 e. The van der Waals surface area contributed by atoms with Gasteiger partial charge in [0.15, 0.2) is 0 Å². The molecule has 1 heterocycles. The van der Waals surface area contributed by atoms with Crippen molar-refractivity contribution in [3.05, 3.63) is 106 Å². The fraction of sp³-hybridized carbons (Fsp3) is 0.294. The normalized spacial score (nSPS) is 15.7. The van der Waals surface area contributed by atoms with E-state index in [1.807, 2.05) is 31.2 Å². The zero-order valence-corrected chi connectivity index (χ0v) is 23.3. The van der Waals surface area contributed by atoms with E-state index in [2.05, 4.69) is 66.4 Å². The second kappa shape index (κ2) is 11.9. The Hall–Kier alpha value is -3.83. The summed E-state index contributed by atoms with van der Waals surface area (Å²) in [6, 6.07) is 27.3. The monoisotopic (exact) mass is 533 g/mol. The van der Waals surface area contributed by atoms with Crippen LogP contribution in [-0.4, -0.2) is 31.1 Å². The number of nitrogens with zero attached hydrogens (tertiary/aromatic N) is 3. The van der Waals surface area contributed by atoms with E-state index in [4.69, 9.17) is 21.6 Å². The van der Waals surface area contributed by atoms with Crippen LogP contribution < -0.4 is 4.74 Å². The van der Waals surface area contributed by atoms with Gasteiger partial charge in [-0.05, 0) is 82.0 Å². The quantitative estimate of drug-likeness (QED) is 0.265. The van der Waals surface area contributed by atoms with Gasteiger partial charge in [-0.2, -0.15) is 10.5 Å². The number of likely N-dealkylation sites (tertiary alicyclic amines) is 1. The molecule has 2 aliphatic rings. The highest BCUT2D eigenvalue weighted by molar-refractivity contribution is 6.51. The summed E-state index contributed by atoms with van der Waals surface area (Å²) in [5.41, 5.74) is 9.37. The standard InChI is InChI=1S/C34H32ClN3O/c1-3-29(30-13-8-23(2)18-27(30)20-37)33(32-19-26-6-4-5-7-31(26)34(32)35)25-9-11-28(12-10-25)39-17-16-38-21-24(22-38)14-15-36/h4-13,18,24H,3,14,16-17,19,21-22H2,1-2H3/b33-29+. The Morgan fingerprint density at radius 1 is 1.05 bits per heavy atom. The maximum atomic E-state index is 9.98. The number of nitriles is 2. The first kappa shape index (κ1) is 26.8. The predicted molar refractivity (Wildman–Crippen MR) is 158 cm³/mol. The Kier molecular flexibility index (Phi) is 8.18. The number of hydrogen-bond donors (Lipinski definition) is 0. The van der Waals surface area contributed by atoms with Gasteiger partial charge in [-0.3, -0.25) is 4.90 Å². The molecule has 1 aliphatic carbocycles. The molecule has 5 heteroatoms. The SMILES string of the molecule is CC/C(=C(\C1=C(Cl)c2ccccc2C1)c1ccc(OCCN2CC(CC#N)C2)cc1)c1ccc(C)cc1C#N. The molecule has 196 valence electrons. The van der Waals surface area contributed by atoms with Crippen molar-refractivity contribution in [3.8, 4) is 17.9 Å². The molecule has 0 spiro atoms. The molecule has 0 N–H and O–H groups in total. The molecule has 0 saturated carbocycles. The van der Waals surface area contributed by atoms with Gasteiger partial charge in [0.1, 0.15) is 12.4 Å². The smallest absolute Gasteiger partial charge is 0.119 e. The first-order valence-electron chi connectivity index (χ1n) is 13.6. The Balaban J connectivity index is 1.47. The molecular weight excluding hydrogens is 502 g/mol. The molecular formula is C34H32ClN3O. The summed E-state index contributed by atoms with van der Waals surface area (Å²) in [6.07, 6.45) is 2.15. The van der Waals surface area contributed by atoms with Crippen LogP contribution in [-0.2, 0) is 6.42 Å². The van der Waals surface area contributed by atoms with Crippen LogP contribution in [0.1, 0.15) is 53.1 Å². The number of aryl methyl sites for hydroxylation is 1. The average Bonchev–Trinajstić information content (AvgIpc) is 3.26. The van der Waals surface area contributed by atoms with Crippen LogP contribution in [0.15, 0.2) is 72.3 Å². The van der Waals surface area contributed by atoms with Gasteiger partial charge in [-0.25, -0.2) is 0 Å². The second-order valence-corrected chi connectivity index (χ2v) is 10.7. The minimum atomic E-state index is 0.505. The van der Waals surface area contributed by atoms with Gasteiger partial charge in [0.05, 0.1) is 22.7 Å². The number of benzene rings is 3. The summed E-state index contributed by atoms with van der Waals surface area (Å²) in [5.74, 6) is 1.33. The number of hydrogen-bond acceptors (Lipinski definition) is 4. The van der Waals surface area contributed by atoms with Crippen molar-refractivity contribution in [1.29, 1.82) is 10.5 Å². The molecule has 0 amide bonds. The lowest BCUT2D eigenvalue weighted by Crippen LogP contribution is -2.47.